The molecule has 0 aliphatic carbocycles. The minimum atomic E-state index is 0.0481. The average Bonchev–Trinajstić information content (AvgIpc) is 2.47. The normalized spacial score (nSPS) is 17.9. The highest BCUT2D eigenvalue weighted by molar-refractivity contribution is 9.08. The van der Waals surface area contributed by atoms with Crippen LogP contribution >= 0.6 is 15.9 Å². The average molecular weight is 364 g/mol. The van der Waals surface area contributed by atoms with Crippen molar-refractivity contribution >= 4 is 32.8 Å². The molecule has 3 nitrogen and oxygen atoms in total. The largest absolute Gasteiger partial charge is 0.440 e. The standard InChI is InChI=1S/C18H22BrNO2/c1-12-8-13(11-19)17-14(9-12)15(21)10-16(22-17)20-6-4-18(2,3)5-7-20/h8-10H,4-7,11H2,1-3H3. The third-order valence-corrected chi connectivity index (χ3v) is 5.21. The second-order valence-corrected chi connectivity index (χ2v) is 7.60. The first kappa shape index (κ1) is 15.6. The van der Waals surface area contributed by atoms with E-state index in [-0.39, 0.29) is 5.43 Å². The van der Waals surface area contributed by atoms with Gasteiger partial charge in [0.1, 0.15) is 5.58 Å². The maximum absolute atomic E-state index is 12.5. The van der Waals surface area contributed by atoms with Gasteiger partial charge in [0.25, 0.3) is 0 Å². The zero-order chi connectivity index (χ0) is 15.9. The molecule has 1 aromatic carbocycles. The van der Waals surface area contributed by atoms with Crippen molar-refractivity contribution in [3.63, 3.8) is 0 Å². The number of halogens is 1. The molecule has 0 spiro atoms. The quantitative estimate of drug-likeness (QED) is 0.729. The molecule has 0 unspecified atom stereocenters. The van der Waals surface area contributed by atoms with Crippen LogP contribution in [0.2, 0.25) is 0 Å². The van der Waals surface area contributed by atoms with Crippen molar-refractivity contribution in [1.29, 1.82) is 0 Å². The SMILES string of the molecule is Cc1cc(CBr)c2oc(N3CCC(C)(C)CC3)cc(=O)c2c1. The zero-order valence-corrected chi connectivity index (χ0v) is 15.0. The number of aryl methyl sites for hydroxylation is 1. The maximum Gasteiger partial charge on any atom is 0.199 e. The first-order valence-corrected chi connectivity index (χ1v) is 8.90. The van der Waals surface area contributed by atoms with Gasteiger partial charge in [0.05, 0.1) is 5.39 Å². The highest BCUT2D eigenvalue weighted by Crippen LogP contribution is 2.33. The van der Waals surface area contributed by atoms with E-state index in [2.05, 4.69) is 40.7 Å². The molecule has 0 bridgehead atoms. The summed E-state index contributed by atoms with van der Waals surface area (Å²) in [5.41, 5.74) is 3.26. The van der Waals surface area contributed by atoms with Gasteiger partial charge in [-0.2, -0.15) is 0 Å². The number of piperidine rings is 1. The van der Waals surface area contributed by atoms with Gasteiger partial charge >= 0.3 is 0 Å². The van der Waals surface area contributed by atoms with E-state index in [0.29, 0.717) is 22.0 Å². The van der Waals surface area contributed by atoms with Crippen LogP contribution in [-0.4, -0.2) is 13.1 Å². The van der Waals surface area contributed by atoms with Crippen molar-refractivity contribution < 1.29 is 4.42 Å². The molecule has 1 aliphatic heterocycles. The molecule has 22 heavy (non-hydrogen) atoms. The van der Waals surface area contributed by atoms with Crippen LogP contribution in [0.3, 0.4) is 0 Å². The van der Waals surface area contributed by atoms with Gasteiger partial charge in [-0.3, -0.25) is 4.79 Å². The lowest BCUT2D eigenvalue weighted by atomic mass is 9.83. The molecule has 0 atom stereocenters. The third kappa shape index (κ3) is 2.94. The van der Waals surface area contributed by atoms with E-state index in [1.54, 1.807) is 6.07 Å². The molecule has 1 aliphatic rings. The van der Waals surface area contributed by atoms with Crippen LogP contribution in [0.25, 0.3) is 11.0 Å². The van der Waals surface area contributed by atoms with Gasteiger partial charge in [-0.25, -0.2) is 0 Å². The number of nitrogens with zero attached hydrogens (tertiary/aromatic N) is 1. The monoisotopic (exact) mass is 363 g/mol. The van der Waals surface area contributed by atoms with Crippen LogP contribution in [0.15, 0.2) is 27.4 Å². The molecule has 1 fully saturated rings. The summed E-state index contributed by atoms with van der Waals surface area (Å²) in [6, 6.07) is 5.64. The fourth-order valence-electron chi connectivity index (χ4n) is 3.06. The molecule has 0 radical (unpaired) electrons. The van der Waals surface area contributed by atoms with Crippen molar-refractivity contribution in [1.82, 2.24) is 0 Å². The molecule has 2 heterocycles. The van der Waals surface area contributed by atoms with Gasteiger partial charge in [0.2, 0.25) is 0 Å². The number of hydrogen-bond acceptors (Lipinski definition) is 3. The molecule has 1 saturated heterocycles. The Balaban J connectivity index is 2.06. The summed E-state index contributed by atoms with van der Waals surface area (Å²) < 4.78 is 6.12. The summed E-state index contributed by atoms with van der Waals surface area (Å²) in [6.07, 6.45) is 2.24. The second kappa shape index (κ2) is 5.73. The van der Waals surface area contributed by atoms with Crippen molar-refractivity contribution in [2.45, 2.75) is 38.9 Å². The Bertz CT molecular complexity index is 754. The molecule has 0 N–H and O–H groups in total. The van der Waals surface area contributed by atoms with Crippen LogP contribution in [0.4, 0.5) is 5.88 Å². The lowest BCUT2D eigenvalue weighted by molar-refractivity contribution is 0.274. The molecule has 4 heteroatoms. The molecular weight excluding hydrogens is 342 g/mol. The zero-order valence-electron chi connectivity index (χ0n) is 13.4. The molecular formula is C18H22BrNO2. The fraction of sp³-hybridized carbons (Fsp3) is 0.500. The Morgan fingerprint density at radius 3 is 2.55 bits per heavy atom. The molecule has 118 valence electrons. The number of rotatable bonds is 2. The molecule has 0 saturated carbocycles. The van der Waals surface area contributed by atoms with Gasteiger partial charge in [-0.1, -0.05) is 35.8 Å². The first-order chi connectivity index (χ1) is 10.4. The Morgan fingerprint density at radius 2 is 1.91 bits per heavy atom. The maximum atomic E-state index is 12.5. The Morgan fingerprint density at radius 1 is 1.23 bits per heavy atom. The summed E-state index contributed by atoms with van der Waals surface area (Å²) in [5, 5.41) is 1.36. The topological polar surface area (TPSA) is 33.5 Å². The van der Waals surface area contributed by atoms with Gasteiger partial charge in [-0.05, 0) is 36.8 Å². The Kier molecular flexibility index (Phi) is 4.06. The summed E-state index contributed by atoms with van der Waals surface area (Å²) in [7, 11) is 0. The predicted octanol–water partition coefficient (Wildman–Crippen LogP) is 4.62. The van der Waals surface area contributed by atoms with Gasteiger partial charge in [0.15, 0.2) is 11.3 Å². The first-order valence-electron chi connectivity index (χ1n) is 7.78. The number of benzene rings is 1. The van der Waals surface area contributed by atoms with E-state index in [1.807, 2.05) is 13.0 Å². The fourth-order valence-corrected chi connectivity index (χ4v) is 3.48. The van der Waals surface area contributed by atoms with E-state index < -0.39 is 0 Å². The minimum absolute atomic E-state index is 0.0481. The van der Waals surface area contributed by atoms with Crippen LogP contribution in [0.5, 0.6) is 0 Å². The van der Waals surface area contributed by atoms with Crippen LogP contribution < -0.4 is 10.3 Å². The molecule has 1 aromatic heterocycles. The lowest BCUT2D eigenvalue weighted by Gasteiger charge is -2.37. The van der Waals surface area contributed by atoms with Crippen molar-refractivity contribution in [3.8, 4) is 0 Å². The van der Waals surface area contributed by atoms with Crippen molar-refractivity contribution in [2.75, 3.05) is 18.0 Å². The molecule has 2 aromatic rings. The second-order valence-electron chi connectivity index (χ2n) is 7.03. The van der Waals surface area contributed by atoms with Gasteiger partial charge < -0.3 is 9.32 Å². The van der Waals surface area contributed by atoms with Crippen LogP contribution in [-0.2, 0) is 5.33 Å². The van der Waals surface area contributed by atoms with E-state index >= 15 is 0 Å². The van der Waals surface area contributed by atoms with Gasteiger partial charge in [0, 0.05) is 30.0 Å². The number of anilines is 1. The van der Waals surface area contributed by atoms with Crippen molar-refractivity contribution in [3.05, 3.63) is 39.5 Å². The number of hydrogen-bond donors (Lipinski definition) is 0. The van der Waals surface area contributed by atoms with Crippen LogP contribution in [0.1, 0.15) is 37.8 Å². The summed E-state index contributed by atoms with van der Waals surface area (Å²) in [6.45, 7) is 8.48. The van der Waals surface area contributed by atoms with E-state index in [1.165, 1.54) is 0 Å². The van der Waals surface area contributed by atoms with Crippen molar-refractivity contribution in [2.24, 2.45) is 5.41 Å². The third-order valence-electron chi connectivity index (χ3n) is 4.61. The number of fused-ring (bicyclic) bond motifs is 1. The van der Waals surface area contributed by atoms with Gasteiger partial charge in [-0.15, -0.1) is 0 Å². The predicted molar refractivity (Wildman–Crippen MR) is 95.1 cm³/mol. The lowest BCUT2D eigenvalue weighted by Crippen LogP contribution is -2.37. The Hall–Kier alpha value is -1.29. The molecule has 0 amide bonds. The summed E-state index contributed by atoms with van der Waals surface area (Å²) in [5.74, 6) is 0.707. The Labute approximate surface area is 139 Å². The highest BCUT2D eigenvalue weighted by atomic mass is 79.9. The van der Waals surface area contributed by atoms with Crippen LogP contribution in [0, 0.1) is 12.3 Å². The minimum Gasteiger partial charge on any atom is -0.440 e. The van der Waals surface area contributed by atoms with E-state index in [4.69, 9.17) is 4.42 Å². The summed E-state index contributed by atoms with van der Waals surface area (Å²) >= 11 is 3.50. The highest BCUT2D eigenvalue weighted by Gasteiger charge is 2.27. The smallest absolute Gasteiger partial charge is 0.199 e. The van der Waals surface area contributed by atoms with E-state index in [0.717, 1.165) is 42.6 Å². The summed E-state index contributed by atoms with van der Waals surface area (Å²) in [4.78, 5) is 14.7. The number of alkyl halides is 1. The molecule has 3 rings (SSSR count). The van der Waals surface area contributed by atoms with E-state index in [9.17, 15) is 4.79 Å².